The zero-order valence-electron chi connectivity index (χ0n) is 14.6. The van der Waals surface area contributed by atoms with Crippen LogP contribution in [0.4, 0.5) is 0 Å². The normalized spacial score (nSPS) is 13.4. The van der Waals surface area contributed by atoms with Gasteiger partial charge in [0.2, 0.25) is 0 Å². The summed E-state index contributed by atoms with van der Waals surface area (Å²) < 4.78 is 7.01. The van der Waals surface area contributed by atoms with Gasteiger partial charge in [0.25, 0.3) is 5.91 Å². The van der Waals surface area contributed by atoms with Crippen LogP contribution in [-0.2, 0) is 20.0 Å². The van der Waals surface area contributed by atoms with Crippen LogP contribution in [0, 0.1) is 0 Å². The predicted octanol–water partition coefficient (Wildman–Crippen LogP) is 1.48. The molecule has 26 heavy (non-hydrogen) atoms. The number of nitrogens with zero attached hydrogens (tertiary/aromatic N) is 6. The third-order valence-electron chi connectivity index (χ3n) is 4.50. The first kappa shape index (κ1) is 16.2. The molecule has 0 unspecified atom stereocenters. The highest BCUT2D eigenvalue weighted by Crippen LogP contribution is 2.28. The van der Waals surface area contributed by atoms with Gasteiger partial charge in [-0.3, -0.25) is 14.5 Å². The highest BCUT2D eigenvalue weighted by Gasteiger charge is 2.27. The Labute approximate surface area is 150 Å². The van der Waals surface area contributed by atoms with Crippen LogP contribution in [0.2, 0.25) is 0 Å². The SMILES string of the molecule is COc1cnccc1C(=O)N1CCc2ncnc(-c3cnn(C)c3)c2C1. The Hall–Kier alpha value is -3.29. The van der Waals surface area contributed by atoms with Gasteiger partial charge in [0, 0.05) is 50.1 Å². The average molecular weight is 350 g/mol. The molecule has 132 valence electrons. The Morgan fingerprint density at radius 1 is 1.27 bits per heavy atom. The van der Waals surface area contributed by atoms with Crippen LogP contribution in [0.25, 0.3) is 11.3 Å². The molecule has 0 N–H and O–H groups in total. The van der Waals surface area contributed by atoms with E-state index in [0.29, 0.717) is 30.8 Å². The van der Waals surface area contributed by atoms with Crippen LogP contribution >= 0.6 is 0 Å². The molecule has 1 aliphatic heterocycles. The van der Waals surface area contributed by atoms with E-state index in [1.807, 2.05) is 13.2 Å². The van der Waals surface area contributed by atoms with Gasteiger partial charge in [-0.2, -0.15) is 5.10 Å². The summed E-state index contributed by atoms with van der Waals surface area (Å²) in [5.74, 6) is 0.385. The number of methoxy groups -OCH3 is 1. The number of amides is 1. The minimum absolute atomic E-state index is 0.0871. The first-order chi connectivity index (χ1) is 12.7. The number of ether oxygens (including phenoxy) is 1. The molecular weight excluding hydrogens is 332 g/mol. The molecule has 0 bridgehead atoms. The highest BCUT2D eigenvalue weighted by molar-refractivity contribution is 5.97. The number of rotatable bonds is 3. The number of hydrogen-bond acceptors (Lipinski definition) is 6. The van der Waals surface area contributed by atoms with Gasteiger partial charge in [-0.15, -0.1) is 0 Å². The minimum Gasteiger partial charge on any atom is -0.494 e. The molecule has 0 radical (unpaired) electrons. The largest absolute Gasteiger partial charge is 0.494 e. The fourth-order valence-corrected chi connectivity index (χ4v) is 3.20. The Bertz CT molecular complexity index is 968. The van der Waals surface area contributed by atoms with E-state index in [9.17, 15) is 4.79 Å². The number of carbonyl (C=O) groups is 1. The zero-order chi connectivity index (χ0) is 18.1. The number of fused-ring (bicyclic) bond motifs is 1. The van der Waals surface area contributed by atoms with Crippen molar-refractivity contribution in [1.82, 2.24) is 29.6 Å². The maximum atomic E-state index is 13.0. The van der Waals surface area contributed by atoms with E-state index in [4.69, 9.17) is 4.74 Å². The van der Waals surface area contributed by atoms with Gasteiger partial charge in [-0.1, -0.05) is 0 Å². The van der Waals surface area contributed by atoms with Crippen LogP contribution in [0.1, 0.15) is 21.6 Å². The summed E-state index contributed by atoms with van der Waals surface area (Å²) in [7, 11) is 3.40. The van der Waals surface area contributed by atoms with Gasteiger partial charge in [0.1, 0.15) is 12.1 Å². The molecule has 3 aromatic heterocycles. The second-order valence-electron chi connectivity index (χ2n) is 6.10. The quantitative estimate of drug-likeness (QED) is 0.711. The molecular formula is C18H18N6O2. The summed E-state index contributed by atoms with van der Waals surface area (Å²) in [5.41, 5.74) is 4.19. The topological polar surface area (TPSA) is 86.0 Å². The molecule has 0 spiro atoms. The summed E-state index contributed by atoms with van der Waals surface area (Å²) in [6.07, 6.45) is 9.09. The highest BCUT2D eigenvalue weighted by atomic mass is 16.5. The predicted molar refractivity (Wildman–Crippen MR) is 93.5 cm³/mol. The third kappa shape index (κ3) is 2.79. The molecule has 8 heteroatoms. The molecule has 1 aliphatic rings. The maximum absolute atomic E-state index is 13.0. The molecule has 3 aromatic rings. The lowest BCUT2D eigenvalue weighted by atomic mass is 10.0. The van der Waals surface area contributed by atoms with Gasteiger partial charge in [0.15, 0.2) is 0 Å². The molecule has 1 amide bonds. The molecule has 4 rings (SSSR count). The molecule has 4 heterocycles. The van der Waals surface area contributed by atoms with Crippen molar-refractivity contribution >= 4 is 5.91 Å². The van der Waals surface area contributed by atoms with Gasteiger partial charge < -0.3 is 9.64 Å². The van der Waals surface area contributed by atoms with Gasteiger partial charge >= 0.3 is 0 Å². The van der Waals surface area contributed by atoms with Crippen LogP contribution in [0.15, 0.2) is 37.2 Å². The number of hydrogen-bond donors (Lipinski definition) is 0. The fourth-order valence-electron chi connectivity index (χ4n) is 3.20. The lowest BCUT2D eigenvalue weighted by molar-refractivity contribution is 0.0730. The summed E-state index contributed by atoms with van der Waals surface area (Å²) in [5, 5.41) is 4.22. The average Bonchev–Trinajstić information content (AvgIpc) is 3.12. The summed E-state index contributed by atoms with van der Waals surface area (Å²) in [6, 6.07) is 1.68. The van der Waals surface area contributed by atoms with E-state index in [1.165, 1.54) is 7.11 Å². The zero-order valence-corrected chi connectivity index (χ0v) is 14.6. The van der Waals surface area contributed by atoms with Crippen molar-refractivity contribution < 1.29 is 9.53 Å². The van der Waals surface area contributed by atoms with Crippen molar-refractivity contribution in [3.05, 3.63) is 54.0 Å². The van der Waals surface area contributed by atoms with Crippen molar-refractivity contribution in [1.29, 1.82) is 0 Å². The number of pyridine rings is 1. The van der Waals surface area contributed by atoms with Gasteiger partial charge in [-0.25, -0.2) is 9.97 Å². The Kier molecular flexibility index (Phi) is 4.08. The van der Waals surface area contributed by atoms with Crippen LogP contribution < -0.4 is 4.74 Å². The smallest absolute Gasteiger partial charge is 0.258 e. The lowest BCUT2D eigenvalue weighted by Gasteiger charge is -2.29. The number of aromatic nitrogens is 5. The molecule has 0 aliphatic carbocycles. The van der Waals surface area contributed by atoms with Crippen molar-refractivity contribution in [2.45, 2.75) is 13.0 Å². The van der Waals surface area contributed by atoms with Crippen LogP contribution in [-0.4, -0.2) is 49.2 Å². The minimum atomic E-state index is -0.0871. The third-order valence-corrected chi connectivity index (χ3v) is 4.50. The monoisotopic (exact) mass is 350 g/mol. The van der Waals surface area contributed by atoms with Crippen LogP contribution in [0.5, 0.6) is 5.75 Å². The second-order valence-corrected chi connectivity index (χ2v) is 6.10. The molecule has 0 saturated heterocycles. The van der Waals surface area contributed by atoms with Crippen molar-refractivity contribution in [3.8, 4) is 17.0 Å². The number of carbonyl (C=O) groups excluding carboxylic acids is 1. The van der Waals surface area contributed by atoms with E-state index in [2.05, 4.69) is 20.1 Å². The van der Waals surface area contributed by atoms with E-state index in [-0.39, 0.29) is 5.91 Å². The van der Waals surface area contributed by atoms with Crippen molar-refractivity contribution in [2.75, 3.05) is 13.7 Å². The second kappa shape index (κ2) is 6.55. The molecule has 0 aromatic carbocycles. The van der Waals surface area contributed by atoms with Gasteiger partial charge in [0.05, 0.1) is 36.5 Å². The standard InChI is InChI=1S/C18H18N6O2/c1-23-9-12(7-22-23)17-14-10-24(6-4-15(14)20-11-21-17)18(25)13-3-5-19-8-16(13)26-2/h3,5,7-9,11H,4,6,10H2,1-2H3. The summed E-state index contributed by atoms with van der Waals surface area (Å²) in [4.78, 5) is 27.6. The number of aryl methyl sites for hydroxylation is 1. The maximum Gasteiger partial charge on any atom is 0.258 e. The van der Waals surface area contributed by atoms with E-state index in [1.54, 1.807) is 40.6 Å². The molecule has 0 atom stereocenters. The first-order valence-electron chi connectivity index (χ1n) is 8.26. The Morgan fingerprint density at radius 3 is 2.92 bits per heavy atom. The Morgan fingerprint density at radius 2 is 2.15 bits per heavy atom. The fraction of sp³-hybridized carbons (Fsp3) is 0.278. The van der Waals surface area contributed by atoms with Crippen molar-refractivity contribution in [2.24, 2.45) is 7.05 Å². The van der Waals surface area contributed by atoms with E-state index >= 15 is 0 Å². The van der Waals surface area contributed by atoms with Gasteiger partial charge in [-0.05, 0) is 6.07 Å². The van der Waals surface area contributed by atoms with E-state index in [0.717, 1.165) is 22.5 Å². The first-order valence-corrected chi connectivity index (χ1v) is 8.26. The molecule has 8 nitrogen and oxygen atoms in total. The lowest BCUT2D eigenvalue weighted by Crippen LogP contribution is -2.37. The molecule has 0 saturated carbocycles. The van der Waals surface area contributed by atoms with E-state index < -0.39 is 0 Å². The van der Waals surface area contributed by atoms with Crippen molar-refractivity contribution in [3.63, 3.8) is 0 Å². The summed E-state index contributed by atoms with van der Waals surface area (Å²) >= 11 is 0. The summed E-state index contributed by atoms with van der Waals surface area (Å²) in [6.45, 7) is 1.05. The van der Waals surface area contributed by atoms with Crippen LogP contribution in [0.3, 0.4) is 0 Å². The molecule has 0 fully saturated rings. The Balaban J connectivity index is 1.68.